The molecule has 0 spiro atoms. The summed E-state index contributed by atoms with van der Waals surface area (Å²) in [6.07, 6.45) is 2.79. The average molecular weight is 469 g/mol. The van der Waals surface area contributed by atoms with Gasteiger partial charge in [0.05, 0.1) is 13.2 Å². The molecule has 0 radical (unpaired) electrons. The Morgan fingerprint density at radius 3 is 1.91 bits per heavy atom. The average Bonchev–Trinajstić information content (AvgIpc) is 2.86. The molecule has 34 heavy (non-hydrogen) atoms. The predicted octanol–water partition coefficient (Wildman–Crippen LogP) is 4.69. The van der Waals surface area contributed by atoms with Crippen molar-refractivity contribution < 1.29 is 33.6 Å². The topological polar surface area (TPSA) is 80.3 Å². The van der Waals surface area contributed by atoms with Gasteiger partial charge in [-0.25, -0.2) is 19.4 Å². The van der Waals surface area contributed by atoms with E-state index in [4.69, 9.17) is 24.0 Å². The molecule has 2 aromatic carbocycles. The monoisotopic (exact) mass is 468 g/mol. The van der Waals surface area contributed by atoms with Crippen LogP contribution in [0, 0.1) is 0 Å². The molecule has 0 amide bonds. The molecular weight excluding hydrogens is 436 g/mol. The first kappa shape index (κ1) is 26.8. The van der Waals surface area contributed by atoms with Gasteiger partial charge in [0.15, 0.2) is 0 Å². The van der Waals surface area contributed by atoms with Crippen molar-refractivity contribution in [3.8, 4) is 5.75 Å². The zero-order valence-electron chi connectivity index (χ0n) is 19.8. The zero-order valence-corrected chi connectivity index (χ0v) is 19.8. The Hall–Kier alpha value is -3.42. The van der Waals surface area contributed by atoms with Crippen LogP contribution in [-0.2, 0) is 40.9 Å². The summed E-state index contributed by atoms with van der Waals surface area (Å²) in [6, 6.07) is 16.0. The van der Waals surface area contributed by atoms with Gasteiger partial charge in [-0.3, -0.25) is 0 Å². The Bertz CT molecular complexity index is 930. The van der Waals surface area contributed by atoms with Gasteiger partial charge >= 0.3 is 11.9 Å². The molecule has 0 bridgehead atoms. The molecular formula is C27H32O7. The second kappa shape index (κ2) is 14.0. The van der Waals surface area contributed by atoms with Crippen LogP contribution in [0.15, 0.2) is 73.8 Å². The van der Waals surface area contributed by atoms with Crippen LogP contribution >= 0.6 is 0 Å². The summed E-state index contributed by atoms with van der Waals surface area (Å²) in [5.41, 5.74) is 3.07. The van der Waals surface area contributed by atoms with E-state index in [1.807, 2.05) is 36.4 Å². The quantitative estimate of drug-likeness (QED) is 0.123. The number of rotatable bonds is 15. The fraction of sp³-hybridized carbons (Fsp3) is 0.333. The maximum absolute atomic E-state index is 11.0. The number of ether oxygens (including phenoxy) is 3. The van der Waals surface area contributed by atoms with E-state index >= 15 is 0 Å². The molecule has 7 heteroatoms. The molecule has 0 aliphatic rings. The molecule has 0 aromatic heterocycles. The van der Waals surface area contributed by atoms with Crippen molar-refractivity contribution in [2.45, 2.75) is 32.3 Å². The third-order valence-electron chi connectivity index (χ3n) is 5.11. The summed E-state index contributed by atoms with van der Waals surface area (Å²) in [5, 5.41) is 0. The minimum absolute atomic E-state index is 0.171. The minimum Gasteiger partial charge on any atom is -0.490 e. The fourth-order valence-electron chi connectivity index (χ4n) is 3.03. The number of carbonyl (C=O) groups excluding carboxylic acids is 2. The maximum atomic E-state index is 11.0. The predicted molar refractivity (Wildman–Crippen MR) is 128 cm³/mol. The normalized spacial score (nSPS) is 10.9. The van der Waals surface area contributed by atoms with Crippen molar-refractivity contribution in [1.82, 2.24) is 0 Å². The van der Waals surface area contributed by atoms with Crippen LogP contribution in [0.1, 0.15) is 37.0 Å². The van der Waals surface area contributed by atoms with Crippen LogP contribution in [0.25, 0.3) is 0 Å². The molecule has 0 fully saturated rings. The Kier molecular flexibility index (Phi) is 11.0. The van der Waals surface area contributed by atoms with E-state index < -0.39 is 11.9 Å². The number of hydrogen-bond donors (Lipinski definition) is 0. The molecule has 0 unspecified atom stereocenters. The molecule has 182 valence electrons. The van der Waals surface area contributed by atoms with Crippen LogP contribution in [0.2, 0.25) is 0 Å². The van der Waals surface area contributed by atoms with Crippen LogP contribution < -0.4 is 4.74 Å². The van der Waals surface area contributed by atoms with Crippen LogP contribution in [0.4, 0.5) is 0 Å². The van der Waals surface area contributed by atoms with Crippen LogP contribution in [0.5, 0.6) is 5.75 Å². The lowest BCUT2D eigenvalue weighted by Crippen LogP contribution is -2.19. The molecule has 0 N–H and O–H groups in total. The highest BCUT2D eigenvalue weighted by atomic mass is 17.2. The van der Waals surface area contributed by atoms with E-state index in [1.54, 1.807) is 0 Å². The van der Waals surface area contributed by atoms with E-state index in [0.29, 0.717) is 25.4 Å². The third-order valence-corrected chi connectivity index (χ3v) is 5.11. The van der Waals surface area contributed by atoms with Gasteiger partial charge in [0.2, 0.25) is 0 Å². The molecule has 7 nitrogen and oxygen atoms in total. The first-order chi connectivity index (χ1) is 16.4. The van der Waals surface area contributed by atoms with Crippen molar-refractivity contribution in [2.24, 2.45) is 0 Å². The van der Waals surface area contributed by atoms with Crippen molar-refractivity contribution in [1.29, 1.82) is 0 Å². The Morgan fingerprint density at radius 2 is 1.32 bits per heavy atom. The highest BCUT2D eigenvalue weighted by Gasteiger charge is 2.23. The second-order valence-electron chi connectivity index (χ2n) is 7.88. The largest absolute Gasteiger partial charge is 0.490 e. The van der Waals surface area contributed by atoms with Crippen molar-refractivity contribution >= 4 is 11.9 Å². The van der Waals surface area contributed by atoms with Gasteiger partial charge in [0.25, 0.3) is 0 Å². The summed E-state index contributed by atoms with van der Waals surface area (Å²) >= 11 is 0. The number of carbonyl (C=O) groups is 2. The molecule has 0 aliphatic carbocycles. The molecule has 0 saturated heterocycles. The molecule has 2 aromatic rings. The maximum Gasteiger partial charge on any atom is 0.330 e. The van der Waals surface area contributed by atoms with Gasteiger partial charge < -0.3 is 14.2 Å². The van der Waals surface area contributed by atoms with Gasteiger partial charge in [-0.15, -0.1) is 0 Å². The highest BCUT2D eigenvalue weighted by molar-refractivity contribution is 5.81. The molecule has 0 heterocycles. The second-order valence-corrected chi connectivity index (χ2v) is 7.88. The van der Waals surface area contributed by atoms with E-state index in [0.717, 1.165) is 28.8 Å². The Balaban J connectivity index is 1.79. The summed E-state index contributed by atoms with van der Waals surface area (Å²) in [5.74, 6) is -0.202. The lowest BCUT2D eigenvalue weighted by molar-refractivity contribution is -0.304. The van der Waals surface area contributed by atoms with E-state index in [1.165, 1.54) is 0 Å². The molecule has 0 atom stereocenters. The Morgan fingerprint density at radius 1 is 0.765 bits per heavy atom. The third kappa shape index (κ3) is 8.84. The minimum atomic E-state index is -0.463. The van der Waals surface area contributed by atoms with Crippen LogP contribution in [-0.4, -0.2) is 38.4 Å². The lowest BCUT2D eigenvalue weighted by Gasteiger charge is -2.26. The number of hydrogen-bond acceptors (Lipinski definition) is 7. The van der Waals surface area contributed by atoms with Gasteiger partial charge in [-0.1, -0.05) is 63.4 Å². The summed E-state index contributed by atoms with van der Waals surface area (Å²) in [7, 11) is 0. The molecule has 0 aliphatic heterocycles. The fourth-order valence-corrected chi connectivity index (χ4v) is 3.03. The SMILES string of the molecule is C=CC(=O)OCCCOOCc1ccc(C(C)(C)c2ccc(OCCOC(=O)C=C)cc2)cc1. The standard InChI is InChI=1S/C27H32O7/c1-5-25(28)31-16-7-17-33-34-20-21-8-10-22(11-9-21)27(3,4)23-12-14-24(15-13-23)30-18-19-32-26(29)6-2/h5-6,8-15H,1-2,7,16-20H2,3-4H3. The van der Waals surface area contributed by atoms with E-state index in [-0.39, 0.29) is 25.2 Å². The number of esters is 2. The first-order valence-electron chi connectivity index (χ1n) is 11.0. The van der Waals surface area contributed by atoms with Gasteiger partial charge in [-0.05, 0) is 28.8 Å². The first-order valence-corrected chi connectivity index (χ1v) is 11.0. The van der Waals surface area contributed by atoms with E-state index in [9.17, 15) is 9.59 Å². The van der Waals surface area contributed by atoms with Crippen molar-refractivity contribution in [3.05, 3.63) is 90.5 Å². The molecule has 2 rings (SSSR count). The van der Waals surface area contributed by atoms with Crippen LogP contribution in [0.3, 0.4) is 0 Å². The summed E-state index contributed by atoms with van der Waals surface area (Å²) in [4.78, 5) is 32.3. The van der Waals surface area contributed by atoms with Gasteiger partial charge in [0.1, 0.15) is 25.6 Å². The summed E-state index contributed by atoms with van der Waals surface area (Å²) in [6.45, 7) is 12.4. The van der Waals surface area contributed by atoms with Gasteiger partial charge in [-0.2, -0.15) is 0 Å². The smallest absolute Gasteiger partial charge is 0.330 e. The number of benzene rings is 2. The van der Waals surface area contributed by atoms with Crippen molar-refractivity contribution in [2.75, 3.05) is 26.4 Å². The van der Waals surface area contributed by atoms with Gasteiger partial charge in [0, 0.05) is 24.0 Å². The van der Waals surface area contributed by atoms with Crippen molar-refractivity contribution in [3.63, 3.8) is 0 Å². The highest BCUT2D eigenvalue weighted by Crippen LogP contribution is 2.32. The summed E-state index contributed by atoms with van der Waals surface area (Å²) < 4.78 is 15.4. The lowest BCUT2D eigenvalue weighted by atomic mass is 9.78. The molecule has 0 saturated carbocycles. The zero-order chi connectivity index (χ0) is 24.8. The Labute approximate surface area is 200 Å². The van der Waals surface area contributed by atoms with E-state index in [2.05, 4.69) is 39.1 Å².